The van der Waals surface area contributed by atoms with E-state index in [1.165, 1.54) is 0 Å². The SMILES string of the molecule is COC(O)(CC(C)=O)C(F)(F)F. The first-order chi connectivity index (χ1) is 5.23. The van der Waals surface area contributed by atoms with E-state index < -0.39 is 24.2 Å². The maximum Gasteiger partial charge on any atom is 0.443 e. The molecule has 0 aromatic rings. The van der Waals surface area contributed by atoms with Crippen LogP contribution in [0.25, 0.3) is 0 Å². The minimum atomic E-state index is -4.95. The first kappa shape index (κ1) is 11.4. The zero-order chi connectivity index (χ0) is 9.99. The Balaban J connectivity index is 4.56. The van der Waals surface area contributed by atoms with Crippen LogP contribution in [0.3, 0.4) is 0 Å². The van der Waals surface area contributed by atoms with Crippen LogP contribution in [-0.4, -0.2) is 30.0 Å². The van der Waals surface area contributed by atoms with E-state index in [1.807, 2.05) is 0 Å². The third-order valence-corrected chi connectivity index (χ3v) is 1.27. The highest BCUT2D eigenvalue weighted by Gasteiger charge is 2.55. The number of hydrogen-bond acceptors (Lipinski definition) is 3. The molecule has 1 unspecified atom stereocenters. The van der Waals surface area contributed by atoms with Crippen molar-refractivity contribution in [2.24, 2.45) is 0 Å². The number of methoxy groups -OCH3 is 1. The number of carbonyl (C=O) groups excluding carboxylic acids is 1. The molecule has 1 atom stereocenters. The van der Waals surface area contributed by atoms with Crippen molar-refractivity contribution in [3.05, 3.63) is 0 Å². The molecule has 0 spiro atoms. The lowest BCUT2D eigenvalue weighted by atomic mass is 10.1. The van der Waals surface area contributed by atoms with E-state index >= 15 is 0 Å². The molecule has 1 N–H and O–H groups in total. The van der Waals surface area contributed by atoms with Crippen LogP contribution in [0.4, 0.5) is 13.2 Å². The molecule has 0 saturated heterocycles. The highest BCUT2D eigenvalue weighted by atomic mass is 19.4. The molecule has 0 aromatic heterocycles. The Morgan fingerprint density at radius 2 is 1.92 bits per heavy atom. The van der Waals surface area contributed by atoms with E-state index in [-0.39, 0.29) is 0 Å². The van der Waals surface area contributed by atoms with Gasteiger partial charge in [-0.15, -0.1) is 0 Å². The molecule has 0 aliphatic heterocycles. The third kappa shape index (κ3) is 2.46. The number of alkyl halides is 3. The topological polar surface area (TPSA) is 46.5 Å². The molecule has 0 saturated carbocycles. The number of ether oxygens (including phenoxy) is 1. The molecule has 0 amide bonds. The number of carbonyl (C=O) groups is 1. The van der Waals surface area contributed by atoms with Crippen LogP contribution < -0.4 is 0 Å². The van der Waals surface area contributed by atoms with Crippen molar-refractivity contribution >= 4 is 5.78 Å². The number of aliphatic hydroxyl groups is 1. The molecule has 3 nitrogen and oxygen atoms in total. The average molecular weight is 186 g/mol. The van der Waals surface area contributed by atoms with Crippen molar-refractivity contribution < 1.29 is 27.8 Å². The van der Waals surface area contributed by atoms with E-state index in [9.17, 15) is 18.0 Å². The summed E-state index contributed by atoms with van der Waals surface area (Å²) in [5.41, 5.74) is 0. The monoisotopic (exact) mass is 186 g/mol. The molecule has 6 heteroatoms. The van der Waals surface area contributed by atoms with Gasteiger partial charge in [0.1, 0.15) is 5.78 Å². The Bertz CT molecular complexity index is 177. The van der Waals surface area contributed by atoms with Crippen LogP contribution >= 0.6 is 0 Å². The molecule has 0 aliphatic carbocycles. The van der Waals surface area contributed by atoms with E-state index in [4.69, 9.17) is 5.11 Å². The fraction of sp³-hybridized carbons (Fsp3) is 0.833. The minimum absolute atomic E-state index is 0.691. The summed E-state index contributed by atoms with van der Waals surface area (Å²) in [6.07, 6.45) is -6.04. The maximum absolute atomic E-state index is 11.9. The number of ketones is 1. The molecular weight excluding hydrogens is 177 g/mol. The molecule has 0 heterocycles. The van der Waals surface area contributed by atoms with Crippen molar-refractivity contribution in [1.29, 1.82) is 0 Å². The summed E-state index contributed by atoms with van der Waals surface area (Å²) >= 11 is 0. The molecule has 0 radical (unpaired) electrons. The van der Waals surface area contributed by atoms with Gasteiger partial charge in [0.25, 0.3) is 5.79 Å². The van der Waals surface area contributed by atoms with Crippen molar-refractivity contribution in [3.63, 3.8) is 0 Å². The van der Waals surface area contributed by atoms with Crippen LogP contribution in [0, 0.1) is 0 Å². The predicted molar refractivity (Wildman–Crippen MR) is 33.3 cm³/mol. The standard InChI is InChI=1S/C6H9F3O3/c1-4(10)3-5(11,12-2)6(7,8)9/h11H,3H2,1-2H3. The minimum Gasteiger partial charge on any atom is -0.358 e. The highest BCUT2D eigenvalue weighted by molar-refractivity contribution is 5.76. The van der Waals surface area contributed by atoms with Gasteiger partial charge >= 0.3 is 6.18 Å². The summed E-state index contributed by atoms with van der Waals surface area (Å²) in [6.45, 7) is 0.940. The largest absolute Gasteiger partial charge is 0.443 e. The molecule has 12 heavy (non-hydrogen) atoms. The van der Waals surface area contributed by atoms with Gasteiger partial charge in [-0.25, -0.2) is 0 Å². The molecule has 72 valence electrons. The molecule has 0 fully saturated rings. The lowest BCUT2D eigenvalue weighted by Gasteiger charge is -2.27. The second kappa shape index (κ2) is 3.40. The lowest BCUT2D eigenvalue weighted by molar-refractivity contribution is -0.356. The fourth-order valence-corrected chi connectivity index (χ4v) is 0.626. The molecule has 0 aliphatic rings. The van der Waals surface area contributed by atoms with E-state index in [0.29, 0.717) is 7.11 Å². The van der Waals surface area contributed by atoms with Crippen LogP contribution in [0.2, 0.25) is 0 Å². The zero-order valence-corrected chi connectivity index (χ0v) is 6.60. The van der Waals surface area contributed by atoms with Crippen molar-refractivity contribution in [2.75, 3.05) is 7.11 Å². The van der Waals surface area contributed by atoms with Crippen molar-refractivity contribution in [2.45, 2.75) is 25.3 Å². The van der Waals surface area contributed by atoms with Gasteiger partial charge in [-0.3, -0.25) is 4.79 Å². The van der Waals surface area contributed by atoms with Gasteiger partial charge in [0, 0.05) is 7.11 Å². The first-order valence-corrected chi connectivity index (χ1v) is 3.06. The molecule has 0 rings (SSSR count). The average Bonchev–Trinajstić information content (AvgIpc) is 1.83. The molecular formula is C6H9F3O3. The van der Waals surface area contributed by atoms with Gasteiger partial charge in [-0.2, -0.15) is 13.2 Å². The maximum atomic E-state index is 11.9. The predicted octanol–water partition coefficient (Wildman–Crippen LogP) is 0.863. The van der Waals surface area contributed by atoms with Gasteiger partial charge in [-0.05, 0) is 6.92 Å². The second-order valence-electron chi connectivity index (χ2n) is 2.37. The molecule has 0 bridgehead atoms. The van der Waals surface area contributed by atoms with Crippen LogP contribution in [0.5, 0.6) is 0 Å². The lowest BCUT2D eigenvalue weighted by Crippen LogP contribution is -2.48. The van der Waals surface area contributed by atoms with Crippen molar-refractivity contribution in [3.8, 4) is 0 Å². The summed E-state index contributed by atoms with van der Waals surface area (Å²) in [4.78, 5) is 10.3. The first-order valence-electron chi connectivity index (χ1n) is 3.06. The Labute approximate surface area is 67.1 Å². The van der Waals surface area contributed by atoms with E-state index in [1.54, 1.807) is 0 Å². The number of Topliss-reactive ketones (excluding diaryl/α,β-unsaturated/α-hetero) is 1. The zero-order valence-electron chi connectivity index (χ0n) is 6.60. The van der Waals surface area contributed by atoms with E-state index in [2.05, 4.69) is 4.74 Å². The van der Waals surface area contributed by atoms with Gasteiger partial charge in [-0.1, -0.05) is 0 Å². The van der Waals surface area contributed by atoms with Gasteiger partial charge < -0.3 is 9.84 Å². The quantitative estimate of drug-likeness (QED) is 0.665. The number of hydrogen-bond donors (Lipinski definition) is 1. The smallest absolute Gasteiger partial charge is 0.358 e. The van der Waals surface area contributed by atoms with Crippen LogP contribution in [0.1, 0.15) is 13.3 Å². The Morgan fingerprint density at radius 1 is 1.50 bits per heavy atom. The van der Waals surface area contributed by atoms with Crippen molar-refractivity contribution in [1.82, 2.24) is 0 Å². The summed E-state index contributed by atoms with van der Waals surface area (Å²) in [5, 5.41) is 8.76. The highest BCUT2D eigenvalue weighted by Crippen LogP contribution is 2.33. The van der Waals surface area contributed by atoms with Gasteiger partial charge in [0.05, 0.1) is 6.42 Å². The Morgan fingerprint density at radius 3 is 2.00 bits per heavy atom. The fourth-order valence-electron chi connectivity index (χ4n) is 0.626. The Hall–Kier alpha value is -0.620. The summed E-state index contributed by atoms with van der Waals surface area (Å²) < 4.78 is 39.6. The summed E-state index contributed by atoms with van der Waals surface area (Å²) in [7, 11) is 0.691. The van der Waals surface area contributed by atoms with Gasteiger partial charge in [0.2, 0.25) is 0 Å². The number of halogens is 3. The van der Waals surface area contributed by atoms with Crippen LogP contribution in [0.15, 0.2) is 0 Å². The van der Waals surface area contributed by atoms with Gasteiger partial charge in [0.15, 0.2) is 0 Å². The molecule has 0 aromatic carbocycles. The van der Waals surface area contributed by atoms with E-state index in [0.717, 1.165) is 6.92 Å². The number of rotatable bonds is 3. The third-order valence-electron chi connectivity index (χ3n) is 1.27. The Kier molecular flexibility index (Phi) is 3.23. The summed E-state index contributed by atoms with van der Waals surface area (Å²) in [5.74, 6) is -4.14. The van der Waals surface area contributed by atoms with Crippen LogP contribution in [-0.2, 0) is 9.53 Å². The second-order valence-corrected chi connectivity index (χ2v) is 2.37. The normalized spacial score (nSPS) is 17.2. The summed E-state index contributed by atoms with van der Waals surface area (Å²) in [6, 6.07) is 0.